The van der Waals surface area contributed by atoms with E-state index >= 15 is 0 Å². The molecule has 2 rings (SSSR count). The Balaban J connectivity index is 2.45. The van der Waals surface area contributed by atoms with Crippen LogP contribution in [0.2, 0.25) is 0 Å². The van der Waals surface area contributed by atoms with Crippen molar-refractivity contribution in [1.29, 1.82) is 0 Å². The van der Waals surface area contributed by atoms with Crippen LogP contribution in [0.25, 0.3) is 10.6 Å². The van der Waals surface area contributed by atoms with Crippen LogP contribution in [0.4, 0.5) is 0 Å². The lowest BCUT2D eigenvalue weighted by Gasteiger charge is -1.98. The summed E-state index contributed by atoms with van der Waals surface area (Å²) >= 11 is 1.56. The number of amides is 1. The Morgan fingerprint density at radius 1 is 1.47 bits per heavy atom. The van der Waals surface area contributed by atoms with E-state index in [1.165, 1.54) is 0 Å². The molecule has 4 heteroatoms. The molecule has 0 atom stereocenters. The van der Waals surface area contributed by atoms with E-state index in [-0.39, 0.29) is 0 Å². The minimum absolute atomic E-state index is 0.412. The first-order chi connectivity index (χ1) is 7.16. The molecule has 0 unspecified atom stereocenters. The van der Waals surface area contributed by atoms with Crippen LogP contribution in [0.1, 0.15) is 16.1 Å². The maximum absolute atomic E-state index is 11.0. The number of primary amides is 1. The highest BCUT2D eigenvalue weighted by Gasteiger charge is 2.05. The Bertz CT molecular complexity index is 505. The predicted octanol–water partition coefficient (Wildman–Crippen LogP) is 2.22. The standard InChI is InChI=1S/C11H10N2OS/c1-7-6-15-11(13-7)9-4-2-3-8(5-9)10(12)14/h2-6H,1H3,(H2,12,14). The minimum atomic E-state index is -0.412. The zero-order valence-corrected chi connectivity index (χ0v) is 9.04. The maximum atomic E-state index is 11.0. The first kappa shape index (κ1) is 9.86. The summed E-state index contributed by atoms with van der Waals surface area (Å²) in [5.74, 6) is -0.412. The smallest absolute Gasteiger partial charge is 0.248 e. The van der Waals surface area contributed by atoms with E-state index in [2.05, 4.69) is 4.98 Å². The molecule has 76 valence electrons. The van der Waals surface area contributed by atoms with E-state index in [0.29, 0.717) is 5.56 Å². The second kappa shape index (κ2) is 3.82. The molecule has 15 heavy (non-hydrogen) atoms. The second-order valence-corrected chi connectivity index (χ2v) is 4.10. The van der Waals surface area contributed by atoms with Crippen molar-refractivity contribution in [3.63, 3.8) is 0 Å². The van der Waals surface area contributed by atoms with E-state index in [1.807, 2.05) is 24.4 Å². The molecule has 2 aromatic rings. The van der Waals surface area contributed by atoms with E-state index in [4.69, 9.17) is 5.73 Å². The number of nitrogens with two attached hydrogens (primary N) is 1. The van der Waals surface area contributed by atoms with Crippen molar-refractivity contribution in [2.24, 2.45) is 5.73 Å². The minimum Gasteiger partial charge on any atom is -0.366 e. The quantitative estimate of drug-likeness (QED) is 0.840. The molecular weight excluding hydrogens is 208 g/mol. The molecule has 1 aromatic heterocycles. The van der Waals surface area contributed by atoms with Gasteiger partial charge in [0.05, 0.1) is 0 Å². The fourth-order valence-electron chi connectivity index (χ4n) is 1.29. The summed E-state index contributed by atoms with van der Waals surface area (Å²) in [6, 6.07) is 7.20. The molecule has 0 bridgehead atoms. The number of aromatic nitrogens is 1. The molecular formula is C11H10N2OS. The van der Waals surface area contributed by atoms with Gasteiger partial charge in [0.1, 0.15) is 5.01 Å². The molecule has 0 saturated heterocycles. The summed E-state index contributed by atoms with van der Waals surface area (Å²) in [6.07, 6.45) is 0. The molecule has 0 radical (unpaired) electrons. The third-order valence-corrected chi connectivity index (χ3v) is 3.02. The van der Waals surface area contributed by atoms with E-state index in [1.54, 1.807) is 23.5 Å². The SMILES string of the molecule is Cc1csc(-c2cccc(C(N)=O)c2)n1. The molecule has 2 N–H and O–H groups in total. The molecule has 0 fully saturated rings. The van der Waals surface area contributed by atoms with E-state index in [9.17, 15) is 4.79 Å². The molecule has 1 heterocycles. The van der Waals surface area contributed by atoms with Crippen LogP contribution in [0, 0.1) is 6.92 Å². The van der Waals surface area contributed by atoms with E-state index in [0.717, 1.165) is 16.3 Å². The first-order valence-electron chi connectivity index (χ1n) is 4.49. The van der Waals surface area contributed by atoms with Crippen LogP contribution in [-0.4, -0.2) is 10.9 Å². The van der Waals surface area contributed by atoms with Crippen molar-refractivity contribution in [3.8, 4) is 10.6 Å². The fraction of sp³-hybridized carbons (Fsp3) is 0.0909. The average molecular weight is 218 g/mol. The maximum Gasteiger partial charge on any atom is 0.248 e. The van der Waals surface area contributed by atoms with Gasteiger partial charge in [0.15, 0.2) is 0 Å². The number of hydrogen-bond donors (Lipinski definition) is 1. The molecule has 0 aliphatic heterocycles. The fourth-order valence-corrected chi connectivity index (χ4v) is 2.09. The lowest BCUT2D eigenvalue weighted by molar-refractivity contribution is 0.100. The Morgan fingerprint density at radius 3 is 2.87 bits per heavy atom. The summed E-state index contributed by atoms with van der Waals surface area (Å²) in [4.78, 5) is 15.3. The van der Waals surface area contributed by atoms with E-state index < -0.39 is 5.91 Å². The number of thiazole rings is 1. The molecule has 1 aromatic carbocycles. The van der Waals surface area contributed by atoms with Crippen LogP contribution in [0.15, 0.2) is 29.6 Å². The van der Waals surface area contributed by atoms with Gasteiger partial charge in [-0.25, -0.2) is 4.98 Å². The predicted molar refractivity (Wildman–Crippen MR) is 60.8 cm³/mol. The van der Waals surface area contributed by atoms with Crippen LogP contribution in [-0.2, 0) is 0 Å². The Hall–Kier alpha value is -1.68. The number of benzene rings is 1. The number of hydrogen-bond acceptors (Lipinski definition) is 3. The third kappa shape index (κ3) is 2.05. The Morgan fingerprint density at radius 2 is 2.27 bits per heavy atom. The topological polar surface area (TPSA) is 56.0 Å². The molecule has 3 nitrogen and oxygen atoms in total. The Labute approximate surface area is 91.6 Å². The number of rotatable bonds is 2. The highest BCUT2D eigenvalue weighted by Crippen LogP contribution is 2.23. The van der Waals surface area contributed by atoms with Gasteiger partial charge in [0.25, 0.3) is 0 Å². The van der Waals surface area contributed by atoms with Gasteiger partial charge >= 0.3 is 0 Å². The van der Waals surface area contributed by atoms with Crippen molar-refractivity contribution in [3.05, 3.63) is 40.9 Å². The number of carbonyl (C=O) groups is 1. The normalized spacial score (nSPS) is 10.2. The van der Waals surface area contributed by atoms with Crippen molar-refractivity contribution in [1.82, 2.24) is 4.98 Å². The highest BCUT2D eigenvalue weighted by atomic mass is 32.1. The number of carbonyl (C=O) groups excluding carboxylic acids is 1. The summed E-state index contributed by atoms with van der Waals surface area (Å²) in [5, 5.41) is 2.89. The summed E-state index contributed by atoms with van der Waals surface area (Å²) < 4.78 is 0. The average Bonchev–Trinajstić information content (AvgIpc) is 2.65. The van der Waals surface area contributed by atoms with Crippen LogP contribution < -0.4 is 5.73 Å². The largest absolute Gasteiger partial charge is 0.366 e. The van der Waals surface area contributed by atoms with Crippen molar-refractivity contribution < 1.29 is 4.79 Å². The summed E-state index contributed by atoms with van der Waals surface area (Å²) in [5.41, 5.74) is 7.64. The highest BCUT2D eigenvalue weighted by molar-refractivity contribution is 7.13. The third-order valence-electron chi connectivity index (χ3n) is 2.01. The van der Waals surface area contributed by atoms with Gasteiger partial charge in [-0.3, -0.25) is 4.79 Å². The Kier molecular flexibility index (Phi) is 2.51. The lowest BCUT2D eigenvalue weighted by Crippen LogP contribution is -2.10. The van der Waals surface area contributed by atoms with Gasteiger partial charge in [-0.2, -0.15) is 0 Å². The summed E-state index contributed by atoms with van der Waals surface area (Å²) in [6.45, 7) is 1.94. The molecule has 0 aliphatic carbocycles. The zero-order chi connectivity index (χ0) is 10.8. The van der Waals surface area contributed by atoms with Gasteiger partial charge in [-0.05, 0) is 19.1 Å². The zero-order valence-electron chi connectivity index (χ0n) is 8.23. The lowest BCUT2D eigenvalue weighted by atomic mass is 10.1. The second-order valence-electron chi connectivity index (χ2n) is 3.24. The van der Waals surface area contributed by atoms with Crippen LogP contribution in [0.5, 0.6) is 0 Å². The molecule has 0 aliphatic rings. The summed E-state index contributed by atoms with van der Waals surface area (Å²) in [7, 11) is 0. The van der Waals surface area contributed by atoms with Gasteiger partial charge in [0, 0.05) is 22.2 Å². The molecule has 0 spiro atoms. The van der Waals surface area contributed by atoms with Gasteiger partial charge in [-0.1, -0.05) is 12.1 Å². The first-order valence-corrected chi connectivity index (χ1v) is 5.37. The monoisotopic (exact) mass is 218 g/mol. The van der Waals surface area contributed by atoms with Gasteiger partial charge in [0.2, 0.25) is 5.91 Å². The van der Waals surface area contributed by atoms with Crippen molar-refractivity contribution in [2.45, 2.75) is 6.92 Å². The van der Waals surface area contributed by atoms with Crippen molar-refractivity contribution >= 4 is 17.2 Å². The number of nitrogens with zero attached hydrogens (tertiary/aromatic N) is 1. The van der Waals surface area contributed by atoms with Crippen molar-refractivity contribution in [2.75, 3.05) is 0 Å². The molecule has 0 saturated carbocycles. The van der Waals surface area contributed by atoms with Gasteiger partial charge < -0.3 is 5.73 Å². The van der Waals surface area contributed by atoms with Crippen LogP contribution in [0.3, 0.4) is 0 Å². The molecule has 1 amide bonds. The van der Waals surface area contributed by atoms with Gasteiger partial charge in [-0.15, -0.1) is 11.3 Å². The number of aryl methyl sites for hydroxylation is 1. The van der Waals surface area contributed by atoms with Crippen LogP contribution >= 0.6 is 11.3 Å².